The quantitative estimate of drug-likeness (QED) is 0.0449. The summed E-state index contributed by atoms with van der Waals surface area (Å²) in [7, 11) is -9.99. The fourth-order valence-corrected chi connectivity index (χ4v) is 39.5. The fraction of sp³-hybridized carbons (Fsp3) is 1.00. The highest BCUT2D eigenvalue weighted by molar-refractivity contribution is 6.92. The molecule has 0 atom stereocenters. The molecular formula is C70H150O3Si4. The molecule has 0 aliphatic carbocycles. The zero-order valence-electron chi connectivity index (χ0n) is 55.7. The molecule has 7 heteroatoms. The van der Waals surface area contributed by atoms with Gasteiger partial charge in [-0.1, -0.05) is 390 Å². The second kappa shape index (κ2) is 57.2. The summed E-state index contributed by atoms with van der Waals surface area (Å²) in [6.45, 7) is 24.1. The highest BCUT2D eigenvalue weighted by Gasteiger charge is 2.54. The van der Waals surface area contributed by atoms with Gasteiger partial charge in [0.05, 0.1) is 0 Å². The molecule has 0 amide bonds. The Morgan fingerprint density at radius 3 is 0.416 bits per heavy atom. The van der Waals surface area contributed by atoms with Crippen LogP contribution in [0.25, 0.3) is 0 Å². The molecule has 77 heavy (non-hydrogen) atoms. The minimum Gasteiger partial charge on any atom is -0.436 e. The minimum absolute atomic E-state index is 1.25. The van der Waals surface area contributed by atoms with Gasteiger partial charge in [-0.2, -0.15) is 0 Å². The molecule has 0 unspecified atom stereocenters. The molecule has 0 aromatic carbocycles. The van der Waals surface area contributed by atoms with Crippen molar-refractivity contribution in [2.45, 2.75) is 451 Å². The van der Waals surface area contributed by atoms with Gasteiger partial charge in [-0.15, -0.1) is 0 Å². The lowest BCUT2D eigenvalue weighted by atomic mass is 10.2. The molecular weight excluding hydrogens is 1000 g/mol. The third-order valence-corrected chi connectivity index (χ3v) is 39.7. The van der Waals surface area contributed by atoms with Gasteiger partial charge in [0.1, 0.15) is 0 Å². The number of rotatable bonds is 66. The molecule has 0 rings (SSSR count). The lowest BCUT2D eigenvalue weighted by Crippen LogP contribution is -2.63. The van der Waals surface area contributed by atoms with Crippen molar-refractivity contribution < 1.29 is 12.3 Å². The molecule has 0 aromatic heterocycles. The largest absolute Gasteiger partial charge is 0.436 e. The lowest BCUT2D eigenvalue weighted by molar-refractivity contribution is 0.285. The van der Waals surface area contributed by atoms with Crippen LogP contribution in [0.4, 0.5) is 0 Å². The molecule has 0 saturated heterocycles. The SMILES string of the molecule is CCCCCCC[Si](CCCCCCC)(CCCCCCC)O[Si](CCCCCCC)(CCCCCCC)O[Si](CCCCCCC)(CCCCCCC)O[Si](CCCCCCC)(CCCCCCC)CCCCCCC. The molecule has 0 aliphatic heterocycles. The van der Waals surface area contributed by atoms with Gasteiger partial charge in [-0.25, -0.2) is 0 Å². The molecule has 0 radical (unpaired) electrons. The van der Waals surface area contributed by atoms with Crippen LogP contribution in [-0.2, 0) is 12.3 Å². The highest BCUT2D eigenvalue weighted by atomic mass is 28.5. The molecule has 0 N–H and O–H groups in total. The maximum absolute atomic E-state index is 9.14. The van der Waals surface area contributed by atoms with Crippen molar-refractivity contribution in [3.8, 4) is 0 Å². The van der Waals surface area contributed by atoms with Crippen LogP contribution in [0.15, 0.2) is 0 Å². The van der Waals surface area contributed by atoms with Crippen LogP contribution in [0, 0.1) is 0 Å². The van der Waals surface area contributed by atoms with Crippen LogP contribution in [0.3, 0.4) is 0 Å². The van der Waals surface area contributed by atoms with Gasteiger partial charge in [0.2, 0.25) is 0 Å². The van der Waals surface area contributed by atoms with Crippen LogP contribution in [0.1, 0.15) is 390 Å². The van der Waals surface area contributed by atoms with Gasteiger partial charge in [-0.05, 0) is 60.4 Å². The molecule has 464 valence electrons. The molecule has 0 fully saturated rings. The first-order valence-corrected chi connectivity index (χ1v) is 46.4. The Labute approximate surface area is 494 Å². The normalized spacial score (nSPS) is 12.7. The Hall–Kier alpha value is 0.748. The lowest BCUT2D eigenvalue weighted by Gasteiger charge is -2.50. The fourth-order valence-electron chi connectivity index (χ4n) is 13.2. The van der Waals surface area contributed by atoms with Gasteiger partial charge in [0, 0.05) is 0 Å². The smallest absolute Gasteiger partial charge is 0.319 e. The summed E-state index contributed by atoms with van der Waals surface area (Å²) in [4.78, 5) is 0. The second-order valence-corrected chi connectivity index (χ2v) is 42.0. The summed E-state index contributed by atoms with van der Waals surface area (Å²) in [5, 5.41) is 0. The van der Waals surface area contributed by atoms with Gasteiger partial charge in [0.15, 0.2) is 16.6 Å². The van der Waals surface area contributed by atoms with E-state index in [1.54, 1.807) is 0 Å². The predicted molar refractivity (Wildman–Crippen MR) is 362 cm³/mol. The molecule has 0 bridgehead atoms. The molecule has 3 nitrogen and oxygen atoms in total. The number of hydrogen-bond donors (Lipinski definition) is 0. The van der Waals surface area contributed by atoms with Crippen LogP contribution in [0.5, 0.6) is 0 Å². The van der Waals surface area contributed by atoms with Crippen molar-refractivity contribution >= 4 is 33.8 Å². The summed E-state index contributed by atoms with van der Waals surface area (Å²) in [5.74, 6) is 0. The zero-order valence-corrected chi connectivity index (χ0v) is 59.7. The number of hydrogen-bond acceptors (Lipinski definition) is 3. The van der Waals surface area contributed by atoms with Crippen molar-refractivity contribution in [3.05, 3.63) is 0 Å². The maximum Gasteiger partial charge on any atom is 0.319 e. The monoisotopic (exact) mass is 1150 g/mol. The summed E-state index contributed by atoms with van der Waals surface area (Å²) in [5.41, 5.74) is 0. The van der Waals surface area contributed by atoms with Gasteiger partial charge < -0.3 is 12.3 Å². The van der Waals surface area contributed by atoms with Crippen LogP contribution in [0.2, 0.25) is 60.4 Å². The molecule has 0 aliphatic rings. The highest BCUT2D eigenvalue weighted by Crippen LogP contribution is 2.45. The van der Waals surface area contributed by atoms with E-state index < -0.39 is 33.8 Å². The van der Waals surface area contributed by atoms with Gasteiger partial charge in [0.25, 0.3) is 0 Å². The zero-order chi connectivity index (χ0) is 56.5. The molecule has 0 saturated carbocycles. The number of unbranched alkanes of at least 4 members (excludes halogenated alkanes) is 40. The van der Waals surface area contributed by atoms with Crippen molar-refractivity contribution in [2.24, 2.45) is 0 Å². The van der Waals surface area contributed by atoms with Crippen molar-refractivity contribution in [1.82, 2.24) is 0 Å². The Morgan fingerprint density at radius 1 is 0.143 bits per heavy atom. The standard InChI is InChI=1S/C70H150O3Si4/c1-11-21-31-41-51-61-74(62-52-42-32-22-12-2,63-53-43-33-23-13-3)71-76(67-57-47-37-27-17-7,68-58-48-38-28-18-8)73-77(69-59-49-39-29-19-9,70-60-50-40-30-20-10)72-75(64-54-44-34-24-14-4,65-55-45-35-25-15-5)66-56-46-36-26-16-6/h11-70H2,1-10H3. The second-order valence-electron chi connectivity index (χ2n) is 26.1. The van der Waals surface area contributed by atoms with E-state index in [0.29, 0.717) is 0 Å². The first kappa shape index (κ1) is 77.7. The summed E-state index contributed by atoms with van der Waals surface area (Å²) in [6.07, 6.45) is 68.6. The van der Waals surface area contributed by atoms with Gasteiger partial charge >= 0.3 is 17.1 Å². The molecule has 0 spiro atoms. The van der Waals surface area contributed by atoms with Crippen molar-refractivity contribution in [2.75, 3.05) is 0 Å². The molecule has 0 heterocycles. The Bertz CT molecular complexity index is 968. The summed E-state index contributed by atoms with van der Waals surface area (Å²) < 4.78 is 27.2. The van der Waals surface area contributed by atoms with E-state index in [1.807, 2.05) is 0 Å². The van der Waals surface area contributed by atoms with E-state index in [1.165, 1.54) is 381 Å². The minimum atomic E-state index is -2.79. The average molecular weight is 1150 g/mol. The van der Waals surface area contributed by atoms with Gasteiger partial charge in [-0.3, -0.25) is 0 Å². The van der Waals surface area contributed by atoms with E-state index >= 15 is 0 Å². The maximum atomic E-state index is 9.14. The summed E-state index contributed by atoms with van der Waals surface area (Å²) >= 11 is 0. The van der Waals surface area contributed by atoms with Crippen LogP contribution >= 0.6 is 0 Å². The average Bonchev–Trinajstić information content (AvgIpc) is 3.42. The van der Waals surface area contributed by atoms with Crippen LogP contribution in [-0.4, -0.2) is 33.8 Å². The van der Waals surface area contributed by atoms with Crippen LogP contribution < -0.4 is 0 Å². The Morgan fingerprint density at radius 2 is 0.273 bits per heavy atom. The third kappa shape index (κ3) is 44.0. The van der Waals surface area contributed by atoms with E-state index in [4.69, 9.17) is 12.3 Å². The Kier molecular flexibility index (Phi) is 57.7. The molecule has 0 aromatic rings. The van der Waals surface area contributed by atoms with E-state index in [-0.39, 0.29) is 0 Å². The topological polar surface area (TPSA) is 27.7 Å². The first-order valence-electron chi connectivity index (χ1n) is 36.8. The van der Waals surface area contributed by atoms with E-state index in [9.17, 15) is 0 Å². The summed E-state index contributed by atoms with van der Waals surface area (Å²) in [6, 6.07) is 13.4. The Balaban J connectivity index is 8.69. The van der Waals surface area contributed by atoms with Crippen molar-refractivity contribution in [1.29, 1.82) is 0 Å². The first-order chi connectivity index (χ1) is 37.7. The van der Waals surface area contributed by atoms with E-state index in [0.717, 1.165) is 0 Å². The van der Waals surface area contributed by atoms with Crippen molar-refractivity contribution in [3.63, 3.8) is 0 Å². The third-order valence-electron chi connectivity index (χ3n) is 18.2. The predicted octanol–water partition coefficient (Wildman–Crippen LogP) is 27.5. The van der Waals surface area contributed by atoms with E-state index in [2.05, 4.69) is 69.2 Å².